The average molecular weight is 318 g/mol. The molecule has 0 aliphatic heterocycles. The fourth-order valence-electron chi connectivity index (χ4n) is 2.96. The molecule has 0 bridgehead atoms. The molecule has 0 aliphatic carbocycles. The zero-order valence-electron chi connectivity index (χ0n) is 13.6. The van der Waals surface area contributed by atoms with Crippen molar-refractivity contribution in [1.82, 2.24) is 0 Å². The van der Waals surface area contributed by atoms with Crippen molar-refractivity contribution in [2.24, 2.45) is 0 Å². The summed E-state index contributed by atoms with van der Waals surface area (Å²) in [6.45, 7) is 4.43. The van der Waals surface area contributed by atoms with Crippen molar-refractivity contribution in [3.8, 4) is 0 Å². The van der Waals surface area contributed by atoms with Crippen molar-refractivity contribution in [3.05, 3.63) is 96.6 Å². The summed E-state index contributed by atoms with van der Waals surface area (Å²) in [5.74, 6) is 0. The summed E-state index contributed by atoms with van der Waals surface area (Å²) in [4.78, 5) is 0. The molecule has 0 saturated heterocycles. The molecule has 0 aromatic heterocycles. The molecule has 0 fully saturated rings. The van der Waals surface area contributed by atoms with Crippen molar-refractivity contribution in [2.45, 2.75) is 19.6 Å². The van der Waals surface area contributed by atoms with Gasteiger partial charge in [0.2, 0.25) is 0 Å². The van der Waals surface area contributed by atoms with Crippen molar-refractivity contribution in [1.29, 1.82) is 0 Å². The summed E-state index contributed by atoms with van der Waals surface area (Å²) in [7, 11) is -2.25. The maximum atomic E-state index is 6.74. The van der Waals surface area contributed by atoms with Crippen LogP contribution in [0.25, 0.3) is 0 Å². The lowest BCUT2D eigenvalue weighted by atomic mass is 10.1. The standard InChI is InChI=1S/C21H22OSi/c1-18(19-12-6-3-7-13-19)22-23(2,20-14-8-4-9-15-20)21-16-10-5-11-17-21/h3-18H,1-2H3. The van der Waals surface area contributed by atoms with E-state index in [2.05, 4.69) is 98.4 Å². The molecule has 0 aliphatic rings. The van der Waals surface area contributed by atoms with Gasteiger partial charge in [0.15, 0.2) is 0 Å². The molecule has 1 unspecified atom stereocenters. The number of rotatable bonds is 5. The van der Waals surface area contributed by atoms with Crippen LogP contribution in [0.1, 0.15) is 18.6 Å². The molecule has 0 heterocycles. The number of hydrogen-bond acceptors (Lipinski definition) is 1. The van der Waals surface area contributed by atoms with E-state index in [-0.39, 0.29) is 6.10 Å². The van der Waals surface area contributed by atoms with Crippen molar-refractivity contribution >= 4 is 18.7 Å². The van der Waals surface area contributed by atoms with Gasteiger partial charge in [-0.15, -0.1) is 0 Å². The Balaban J connectivity index is 2.00. The van der Waals surface area contributed by atoms with Crippen molar-refractivity contribution < 1.29 is 4.43 Å². The molecular weight excluding hydrogens is 296 g/mol. The highest BCUT2D eigenvalue weighted by Gasteiger charge is 2.35. The highest BCUT2D eigenvalue weighted by molar-refractivity contribution is 6.96. The monoisotopic (exact) mass is 318 g/mol. The largest absolute Gasteiger partial charge is 0.402 e. The average Bonchev–Trinajstić information content (AvgIpc) is 2.64. The molecule has 3 rings (SSSR count). The normalized spacial score (nSPS) is 12.8. The Kier molecular flexibility index (Phi) is 4.75. The Morgan fingerprint density at radius 1 is 0.652 bits per heavy atom. The van der Waals surface area contributed by atoms with Gasteiger partial charge in [0.25, 0.3) is 8.32 Å². The molecule has 23 heavy (non-hydrogen) atoms. The van der Waals surface area contributed by atoms with Gasteiger partial charge in [-0.1, -0.05) is 91.0 Å². The third kappa shape index (κ3) is 3.44. The van der Waals surface area contributed by atoms with Gasteiger partial charge in [-0.05, 0) is 29.4 Å². The minimum atomic E-state index is -2.25. The molecule has 0 N–H and O–H groups in total. The van der Waals surface area contributed by atoms with Crippen LogP contribution >= 0.6 is 0 Å². The second-order valence-corrected chi connectivity index (χ2v) is 9.39. The SMILES string of the molecule is CC(O[Si](C)(c1ccccc1)c1ccccc1)c1ccccc1. The lowest BCUT2D eigenvalue weighted by Gasteiger charge is -2.32. The van der Waals surface area contributed by atoms with Crippen LogP contribution < -0.4 is 10.4 Å². The summed E-state index contributed by atoms with van der Waals surface area (Å²) in [5.41, 5.74) is 1.22. The van der Waals surface area contributed by atoms with Crippen LogP contribution in [0.3, 0.4) is 0 Å². The Morgan fingerprint density at radius 3 is 1.48 bits per heavy atom. The Labute approximate surface area is 139 Å². The van der Waals surface area contributed by atoms with Crippen LogP contribution in [-0.4, -0.2) is 8.32 Å². The van der Waals surface area contributed by atoms with E-state index in [0.717, 1.165) is 0 Å². The predicted molar refractivity (Wildman–Crippen MR) is 99.7 cm³/mol. The van der Waals surface area contributed by atoms with E-state index in [0.29, 0.717) is 0 Å². The molecular formula is C21H22OSi. The Bertz CT molecular complexity index is 686. The maximum Gasteiger partial charge on any atom is 0.253 e. The smallest absolute Gasteiger partial charge is 0.253 e. The van der Waals surface area contributed by atoms with Crippen LogP contribution in [0.4, 0.5) is 0 Å². The van der Waals surface area contributed by atoms with Crippen LogP contribution in [0, 0.1) is 0 Å². The van der Waals surface area contributed by atoms with Crippen LogP contribution in [-0.2, 0) is 4.43 Å². The first-order valence-electron chi connectivity index (χ1n) is 8.04. The first-order chi connectivity index (χ1) is 11.2. The zero-order valence-corrected chi connectivity index (χ0v) is 14.6. The first kappa shape index (κ1) is 15.7. The molecule has 0 saturated carbocycles. The van der Waals surface area contributed by atoms with Crippen molar-refractivity contribution in [3.63, 3.8) is 0 Å². The number of hydrogen-bond donors (Lipinski definition) is 0. The predicted octanol–water partition coefficient (Wildman–Crippen LogP) is 4.15. The van der Waals surface area contributed by atoms with Gasteiger partial charge >= 0.3 is 0 Å². The van der Waals surface area contributed by atoms with E-state index in [9.17, 15) is 0 Å². The Morgan fingerprint density at radius 2 is 1.04 bits per heavy atom. The van der Waals surface area contributed by atoms with E-state index in [4.69, 9.17) is 4.43 Å². The van der Waals surface area contributed by atoms with Crippen LogP contribution in [0.5, 0.6) is 0 Å². The molecule has 3 aromatic carbocycles. The molecule has 2 heteroatoms. The first-order valence-corrected chi connectivity index (χ1v) is 10.4. The number of benzene rings is 3. The van der Waals surface area contributed by atoms with Crippen molar-refractivity contribution in [2.75, 3.05) is 0 Å². The quantitative estimate of drug-likeness (QED) is 0.642. The summed E-state index contributed by atoms with van der Waals surface area (Å²) in [6, 6.07) is 31.7. The highest BCUT2D eigenvalue weighted by Crippen LogP contribution is 2.21. The minimum Gasteiger partial charge on any atom is -0.402 e. The minimum absolute atomic E-state index is 0.0632. The third-order valence-electron chi connectivity index (χ3n) is 4.33. The Hall–Kier alpha value is -2.16. The van der Waals surface area contributed by atoms with E-state index in [1.165, 1.54) is 15.9 Å². The van der Waals surface area contributed by atoms with Gasteiger partial charge in [0.05, 0.1) is 6.10 Å². The van der Waals surface area contributed by atoms with Gasteiger partial charge in [-0.3, -0.25) is 0 Å². The molecule has 1 nitrogen and oxygen atoms in total. The van der Waals surface area contributed by atoms with Crippen LogP contribution in [0.15, 0.2) is 91.0 Å². The highest BCUT2D eigenvalue weighted by atomic mass is 28.4. The summed E-state index contributed by atoms with van der Waals surface area (Å²) in [5, 5.41) is 2.60. The summed E-state index contributed by atoms with van der Waals surface area (Å²) < 4.78 is 6.74. The second-order valence-electron chi connectivity index (χ2n) is 5.94. The topological polar surface area (TPSA) is 9.23 Å². The fraction of sp³-hybridized carbons (Fsp3) is 0.143. The third-order valence-corrected chi connectivity index (χ3v) is 8.03. The van der Waals surface area contributed by atoms with Gasteiger partial charge in [-0.2, -0.15) is 0 Å². The van der Waals surface area contributed by atoms with E-state index < -0.39 is 8.32 Å². The zero-order chi connectivity index (χ0) is 16.1. The van der Waals surface area contributed by atoms with Gasteiger partial charge in [0, 0.05) is 0 Å². The van der Waals surface area contributed by atoms with E-state index >= 15 is 0 Å². The summed E-state index contributed by atoms with van der Waals surface area (Å²) in [6.07, 6.45) is 0.0632. The van der Waals surface area contributed by atoms with Gasteiger partial charge in [0.1, 0.15) is 0 Å². The maximum absolute atomic E-state index is 6.74. The molecule has 1 atom stereocenters. The van der Waals surface area contributed by atoms with Gasteiger partial charge < -0.3 is 4.43 Å². The molecule has 0 amide bonds. The molecule has 0 radical (unpaired) electrons. The molecule has 0 spiro atoms. The molecule has 3 aromatic rings. The lowest BCUT2D eigenvalue weighted by molar-refractivity contribution is 0.226. The van der Waals surface area contributed by atoms with Gasteiger partial charge in [-0.25, -0.2) is 0 Å². The van der Waals surface area contributed by atoms with E-state index in [1.807, 2.05) is 6.07 Å². The lowest BCUT2D eigenvalue weighted by Crippen LogP contribution is -2.58. The van der Waals surface area contributed by atoms with E-state index in [1.54, 1.807) is 0 Å². The van der Waals surface area contributed by atoms with Crippen LogP contribution in [0.2, 0.25) is 6.55 Å². The molecule has 116 valence electrons. The summed E-state index contributed by atoms with van der Waals surface area (Å²) >= 11 is 0. The second kappa shape index (κ2) is 6.94. The fourth-order valence-corrected chi connectivity index (χ4v) is 6.07.